The average molecular weight is 255 g/mol. The Morgan fingerprint density at radius 3 is 2.94 bits per heavy atom. The van der Waals surface area contributed by atoms with Crippen LogP contribution >= 0.6 is 11.6 Å². The van der Waals surface area contributed by atoms with Crippen molar-refractivity contribution in [2.24, 2.45) is 7.05 Å². The first-order chi connectivity index (χ1) is 8.08. The molecule has 1 aliphatic rings. The van der Waals surface area contributed by atoms with E-state index in [0.717, 1.165) is 43.4 Å². The van der Waals surface area contributed by atoms with Crippen LogP contribution in [-0.4, -0.2) is 21.0 Å². The zero-order chi connectivity index (χ0) is 12.4. The maximum absolute atomic E-state index is 9.75. The number of aromatic nitrogens is 2. The fourth-order valence-electron chi connectivity index (χ4n) is 2.39. The molecular formula is C13H19ClN2O. The SMILES string of the molecule is Cc1nn(C)c(Cl)c1CC1=CC(O)CCCC1. The van der Waals surface area contributed by atoms with E-state index in [1.54, 1.807) is 4.68 Å². The number of hydrogen-bond acceptors (Lipinski definition) is 2. The summed E-state index contributed by atoms with van der Waals surface area (Å²) in [4.78, 5) is 0. The van der Waals surface area contributed by atoms with E-state index in [1.165, 1.54) is 5.57 Å². The first-order valence-corrected chi connectivity index (χ1v) is 6.51. The minimum Gasteiger partial charge on any atom is -0.389 e. The molecule has 0 saturated carbocycles. The zero-order valence-corrected chi connectivity index (χ0v) is 11.2. The molecule has 0 aliphatic heterocycles. The third-order valence-electron chi connectivity index (χ3n) is 3.35. The van der Waals surface area contributed by atoms with E-state index < -0.39 is 0 Å². The second-order valence-electron chi connectivity index (χ2n) is 4.79. The van der Waals surface area contributed by atoms with Crippen molar-refractivity contribution in [1.29, 1.82) is 0 Å². The van der Waals surface area contributed by atoms with Crippen LogP contribution in [0.15, 0.2) is 11.6 Å². The van der Waals surface area contributed by atoms with Crippen LogP contribution in [-0.2, 0) is 13.5 Å². The molecule has 94 valence electrons. The molecule has 1 aromatic rings. The summed E-state index contributed by atoms with van der Waals surface area (Å²) in [6.07, 6.45) is 6.71. The molecular weight excluding hydrogens is 236 g/mol. The van der Waals surface area contributed by atoms with Crippen molar-refractivity contribution >= 4 is 11.6 Å². The fraction of sp³-hybridized carbons (Fsp3) is 0.615. The lowest BCUT2D eigenvalue weighted by atomic mass is 10.0. The smallest absolute Gasteiger partial charge is 0.130 e. The number of aryl methyl sites for hydroxylation is 2. The molecule has 4 heteroatoms. The summed E-state index contributed by atoms with van der Waals surface area (Å²) in [5.41, 5.74) is 3.36. The number of aliphatic hydroxyl groups is 1. The summed E-state index contributed by atoms with van der Waals surface area (Å²) in [6, 6.07) is 0. The lowest BCUT2D eigenvalue weighted by Gasteiger charge is -2.06. The molecule has 3 nitrogen and oxygen atoms in total. The van der Waals surface area contributed by atoms with E-state index in [2.05, 4.69) is 5.10 Å². The van der Waals surface area contributed by atoms with E-state index in [0.29, 0.717) is 5.15 Å². The van der Waals surface area contributed by atoms with Gasteiger partial charge in [0.15, 0.2) is 0 Å². The Labute approximate surface area is 107 Å². The quantitative estimate of drug-likeness (QED) is 0.825. The predicted molar refractivity (Wildman–Crippen MR) is 69.2 cm³/mol. The van der Waals surface area contributed by atoms with Crippen molar-refractivity contribution in [2.45, 2.75) is 45.1 Å². The maximum atomic E-state index is 9.75. The van der Waals surface area contributed by atoms with E-state index in [1.807, 2.05) is 20.0 Å². The summed E-state index contributed by atoms with van der Waals surface area (Å²) in [5.74, 6) is 0. The fourth-order valence-corrected chi connectivity index (χ4v) is 2.63. The molecule has 1 aromatic heterocycles. The average Bonchev–Trinajstić information content (AvgIpc) is 2.46. The molecule has 1 heterocycles. The summed E-state index contributed by atoms with van der Waals surface area (Å²) < 4.78 is 1.71. The van der Waals surface area contributed by atoms with Crippen LogP contribution in [0.5, 0.6) is 0 Å². The second kappa shape index (κ2) is 5.23. The third kappa shape index (κ3) is 2.90. The number of allylic oxidation sites excluding steroid dienone is 1. The summed E-state index contributed by atoms with van der Waals surface area (Å²) in [6.45, 7) is 1.98. The molecule has 0 saturated heterocycles. The Hall–Kier alpha value is -0.800. The Bertz CT molecular complexity index is 437. The van der Waals surface area contributed by atoms with Gasteiger partial charge in [0.2, 0.25) is 0 Å². The largest absolute Gasteiger partial charge is 0.389 e. The van der Waals surface area contributed by atoms with Gasteiger partial charge in [-0.1, -0.05) is 29.7 Å². The Balaban J connectivity index is 2.19. The Kier molecular flexibility index (Phi) is 3.89. The van der Waals surface area contributed by atoms with Gasteiger partial charge in [-0.25, -0.2) is 0 Å². The van der Waals surface area contributed by atoms with E-state index in [9.17, 15) is 5.11 Å². The van der Waals surface area contributed by atoms with Crippen LogP contribution in [0.3, 0.4) is 0 Å². The molecule has 0 fully saturated rings. The summed E-state index contributed by atoms with van der Waals surface area (Å²) >= 11 is 6.22. The van der Waals surface area contributed by atoms with Gasteiger partial charge in [0.25, 0.3) is 0 Å². The number of nitrogens with zero attached hydrogens (tertiary/aromatic N) is 2. The highest BCUT2D eigenvalue weighted by molar-refractivity contribution is 6.30. The summed E-state index contributed by atoms with van der Waals surface area (Å²) in [5, 5.41) is 14.8. The first-order valence-electron chi connectivity index (χ1n) is 6.13. The Morgan fingerprint density at radius 2 is 2.29 bits per heavy atom. The molecule has 0 radical (unpaired) electrons. The molecule has 1 unspecified atom stereocenters. The number of hydrogen-bond donors (Lipinski definition) is 1. The number of aliphatic hydroxyl groups excluding tert-OH is 1. The first kappa shape index (κ1) is 12.7. The van der Waals surface area contributed by atoms with Gasteiger partial charge in [-0.3, -0.25) is 4.68 Å². The second-order valence-corrected chi connectivity index (χ2v) is 5.15. The maximum Gasteiger partial charge on any atom is 0.130 e. The predicted octanol–water partition coefficient (Wildman–Crippen LogP) is 2.79. The van der Waals surface area contributed by atoms with E-state index in [-0.39, 0.29) is 6.10 Å². The normalized spacial score (nSPS) is 21.2. The topological polar surface area (TPSA) is 38.0 Å². The highest BCUT2D eigenvalue weighted by Crippen LogP contribution is 2.26. The molecule has 17 heavy (non-hydrogen) atoms. The minimum atomic E-state index is -0.289. The Morgan fingerprint density at radius 1 is 1.53 bits per heavy atom. The van der Waals surface area contributed by atoms with Gasteiger partial charge in [0.1, 0.15) is 5.15 Å². The van der Waals surface area contributed by atoms with Crippen molar-refractivity contribution < 1.29 is 5.11 Å². The van der Waals surface area contributed by atoms with Crippen LogP contribution in [0.25, 0.3) is 0 Å². The van der Waals surface area contributed by atoms with Crippen molar-refractivity contribution in [3.05, 3.63) is 28.1 Å². The zero-order valence-electron chi connectivity index (χ0n) is 10.4. The molecule has 2 rings (SSSR count). The van der Waals surface area contributed by atoms with Gasteiger partial charge in [-0.15, -0.1) is 0 Å². The van der Waals surface area contributed by atoms with Crippen molar-refractivity contribution in [3.63, 3.8) is 0 Å². The summed E-state index contributed by atoms with van der Waals surface area (Å²) in [7, 11) is 1.86. The monoisotopic (exact) mass is 254 g/mol. The molecule has 0 bridgehead atoms. The lowest BCUT2D eigenvalue weighted by molar-refractivity contribution is 0.211. The van der Waals surface area contributed by atoms with Crippen LogP contribution in [0.1, 0.15) is 36.9 Å². The molecule has 0 aromatic carbocycles. The minimum absolute atomic E-state index is 0.289. The van der Waals surface area contributed by atoms with Crippen LogP contribution < -0.4 is 0 Å². The van der Waals surface area contributed by atoms with Crippen LogP contribution in [0.4, 0.5) is 0 Å². The van der Waals surface area contributed by atoms with Gasteiger partial charge < -0.3 is 5.11 Å². The standard InChI is InChI=1S/C13H19ClN2O/c1-9-12(13(14)16(2)15-9)8-10-5-3-4-6-11(17)7-10/h7,11,17H,3-6,8H2,1-2H3. The number of rotatable bonds is 2. The molecule has 1 N–H and O–H groups in total. The lowest BCUT2D eigenvalue weighted by Crippen LogP contribution is -2.01. The van der Waals surface area contributed by atoms with Crippen LogP contribution in [0, 0.1) is 6.92 Å². The van der Waals surface area contributed by atoms with Gasteiger partial charge in [0.05, 0.1) is 11.8 Å². The van der Waals surface area contributed by atoms with Crippen molar-refractivity contribution in [3.8, 4) is 0 Å². The van der Waals surface area contributed by atoms with Crippen molar-refractivity contribution in [2.75, 3.05) is 0 Å². The van der Waals surface area contributed by atoms with Gasteiger partial charge in [-0.05, 0) is 32.6 Å². The number of halogens is 1. The molecule has 1 aliphatic carbocycles. The van der Waals surface area contributed by atoms with Gasteiger partial charge in [-0.2, -0.15) is 5.10 Å². The van der Waals surface area contributed by atoms with E-state index >= 15 is 0 Å². The highest BCUT2D eigenvalue weighted by atomic mass is 35.5. The molecule has 0 spiro atoms. The van der Waals surface area contributed by atoms with Crippen molar-refractivity contribution in [1.82, 2.24) is 9.78 Å². The molecule has 0 amide bonds. The molecule has 1 atom stereocenters. The van der Waals surface area contributed by atoms with Gasteiger partial charge in [0, 0.05) is 12.6 Å². The third-order valence-corrected chi connectivity index (χ3v) is 3.82. The van der Waals surface area contributed by atoms with Crippen LogP contribution in [0.2, 0.25) is 5.15 Å². The van der Waals surface area contributed by atoms with Gasteiger partial charge >= 0.3 is 0 Å². The van der Waals surface area contributed by atoms with E-state index in [4.69, 9.17) is 11.6 Å². The highest BCUT2D eigenvalue weighted by Gasteiger charge is 2.15.